The zero-order valence-corrected chi connectivity index (χ0v) is 7.49. The molecule has 3 N–H and O–H groups in total. The highest BCUT2D eigenvalue weighted by molar-refractivity contribution is 5.82. The van der Waals surface area contributed by atoms with Crippen molar-refractivity contribution >= 4 is 11.5 Å². The second-order valence-electron chi connectivity index (χ2n) is 2.80. The first-order valence-corrected chi connectivity index (χ1v) is 4.33. The van der Waals surface area contributed by atoms with Crippen LogP contribution in [0, 0.1) is 0 Å². The molecule has 0 atom stereocenters. The smallest absolute Gasteiger partial charge is 0.153 e. The number of carbonyl (C=O) groups is 1. The topological polar surface area (TPSA) is 55.1 Å². The largest absolute Gasteiger partial charge is 0.378 e. The molecule has 0 heterocycles. The molecular weight excluding hydrogens is 164 g/mol. The van der Waals surface area contributed by atoms with E-state index in [4.69, 9.17) is 5.73 Å². The van der Waals surface area contributed by atoms with Crippen LogP contribution in [-0.2, 0) is 4.79 Å². The summed E-state index contributed by atoms with van der Waals surface area (Å²) in [4.78, 5) is 11.1. The van der Waals surface area contributed by atoms with Crippen LogP contribution in [0.5, 0.6) is 0 Å². The van der Waals surface area contributed by atoms with Gasteiger partial charge in [-0.25, -0.2) is 0 Å². The second kappa shape index (κ2) is 5.32. The number of anilines is 1. The standard InChI is InChI=1S/C10H14N2O/c11-7-6-10(13)8-12-9-4-2-1-3-5-9/h1-5,12H,6-8,11H2. The van der Waals surface area contributed by atoms with Crippen molar-refractivity contribution in [1.82, 2.24) is 0 Å². The molecule has 3 heteroatoms. The van der Waals surface area contributed by atoms with Gasteiger partial charge in [0.25, 0.3) is 0 Å². The highest BCUT2D eigenvalue weighted by atomic mass is 16.1. The van der Waals surface area contributed by atoms with Gasteiger partial charge in [0.2, 0.25) is 0 Å². The normalized spacial score (nSPS) is 9.62. The Labute approximate surface area is 77.9 Å². The van der Waals surface area contributed by atoms with E-state index in [0.29, 0.717) is 19.5 Å². The van der Waals surface area contributed by atoms with Crippen LogP contribution < -0.4 is 11.1 Å². The van der Waals surface area contributed by atoms with Crippen molar-refractivity contribution < 1.29 is 4.79 Å². The average Bonchev–Trinajstić information content (AvgIpc) is 2.17. The highest BCUT2D eigenvalue weighted by Gasteiger charge is 1.98. The summed E-state index contributed by atoms with van der Waals surface area (Å²) in [6.45, 7) is 0.788. The van der Waals surface area contributed by atoms with E-state index in [-0.39, 0.29) is 5.78 Å². The maximum absolute atomic E-state index is 11.1. The van der Waals surface area contributed by atoms with E-state index in [9.17, 15) is 4.79 Å². The molecule has 0 aromatic heterocycles. The van der Waals surface area contributed by atoms with Crippen molar-refractivity contribution in [2.24, 2.45) is 5.73 Å². The SMILES string of the molecule is NCCC(=O)CNc1ccccc1. The summed E-state index contributed by atoms with van der Waals surface area (Å²) < 4.78 is 0. The second-order valence-corrected chi connectivity index (χ2v) is 2.80. The van der Waals surface area contributed by atoms with Crippen LogP contribution in [-0.4, -0.2) is 18.9 Å². The lowest BCUT2D eigenvalue weighted by Gasteiger charge is -2.03. The molecule has 0 unspecified atom stereocenters. The van der Waals surface area contributed by atoms with Gasteiger partial charge >= 0.3 is 0 Å². The fourth-order valence-corrected chi connectivity index (χ4v) is 1.01. The highest BCUT2D eigenvalue weighted by Crippen LogP contribution is 2.03. The number of hydrogen-bond donors (Lipinski definition) is 2. The van der Waals surface area contributed by atoms with Crippen LogP contribution in [0.2, 0.25) is 0 Å². The molecule has 0 spiro atoms. The van der Waals surface area contributed by atoms with Crippen molar-refractivity contribution in [3.8, 4) is 0 Å². The predicted molar refractivity (Wildman–Crippen MR) is 53.6 cm³/mol. The Hall–Kier alpha value is -1.35. The quantitative estimate of drug-likeness (QED) is 0.707. The molecule has 1 aromatic rings. The number of para-hydroxylation sites is 1. The van der Waals surface area contributed by atoms with Crippen molar-refractivity contribution in [2.45, 2.75) is 6.42 Å². The van der Waals surface area contributed by atoms with Crippen LogP contribution in [0.1, 0.15) is 6.42 Å². The Morgan fingerprint density at radius 3 is 2.62 bits per heavy atom. The summed E-state index contributed by atoms with van der Waals surface area (Å²) in [5.41, 5.74) is 6.22. The number of carbonyl (C=O) groups excluding carboxylic acids is 1. The predicted octanol–water partition coefficient (Wildman–Crippen LogP) is 1.02. The first-order valence-electron chi connectivity index (χ1n) is 4.33. The van der Waals surface area contributed by atoms with Crippen LogP contribution in [0.4, 0.5) is 5.69 Å². The summed E-state index contributed by atoms with van der Waals surface area (Å²) in [5, 5.41) is 3.02. The number of nitrogens with two attached hydrogens (primary N) is 1. The Bertz CT molecular complexity index is 259. The Morgan fingerprint density at radius 1 is 1.31 bits per heavy atom. The Morgan fingerprint density at radius 2 is 2.00 bits per heavy atom. The zero-order valence-electron chi connectivity index (χ0n) is 7.49. The molecule has 0 bridgehead atoms. The Balaban J connectivity index is 2.31. The zero-order chi connectivity index (χ0) is 9.52. The summed E-state index contributed by atoms with van der Waals surface area (Å²) >= 11 is 0. The van der Waals surface area contributed by atoms with Gasteiger partial charge in [0, 0.05) is 12.1 Å². The monoisotopic (exact) mass is 178 g/mol. The Kier molecular flexibility index (Phi) is 3.99. The van der Waals surface area contributed by atoms with Crippen LogP contribution in [0.25, 0.3) is 0 Å². The molecule has 0 aliphatic heterocycles. The third-order valence-corrected chi connectivity index (χ3v) is 1.69. The number of Topliss-reactive ketones (excluding diaryl/α,β-unsaturated/α-hetero) is 1. The van der Waals surface area contributed by atoms with Crippen LogP contribution >= 0.6 is 0 Å². The van der Waals surface area contributed by atoms with E-state index in [0.717, 1.165) is 5.69 Å². The van der Waals surface area contributed by atoms with Gasteiger partial charge in [0.05, 0.1) is 6.54 Å². The molecule has 70 valence electrons. The van der Waals surface area contributed by atoms with Crippen molar-refractivity contribution in [3.63, 3.8) is 0 Å². The molecular formula is C10H14N2O. The van der Waals surface area contributed by atoms with Gasteiger partial charge in [-0.2, -0.15) is 0 Å². The number of ketones is 1. The van der Waals surface area contributed by atoms with Gasteiger partial charge in [-0.15, -0.1) is 0 Å². The number of nitrogens with one attached hydrogen (secondary N) is 1. The fraction of sp³-hybridized carbons (Fsp3) is 0.300. The third kappa shape index (κ3) is 3.71. The van der Waals surface area contributed by atoms with E-state index in [2.05, 4.69) is 5.32 Å². The number of benzene rings is 1. The van der Waals surface area contributed by atoms with Gasteiger partial charge in [0.15, 0.2) is 5.78 Å². The molecule has 0 saturated carbocycles. The van der Waals surface area contributed by atoms with Gasteiger partial charge in [-0.3, -0.25) is 4.79 Å². The van der Waals surface area contributed by atoms with Gasteiger partial charge in [-0.1, -0.05) is 18.2 Å². The minimum atomic E-state index is 0.145. The number of hydrogen-bond acceptors (Lipinski definition) is 3. The lowest BCUT2D eigenvalue weighted by atomic mass is 10.2. The molecule has 0 saturated heterocycles. The van der Waals surface area contributed by atoms with Gasteiger partial charge in [-0.05, 0) is 18.7 Å². The first kappa shape index (κ1) is 9.74. The molecule has 0 amide bonds. The lowest BCUT2D eigenvalue weighted by Crippen LogP contribution is -2.17. The minimum absolute atomic E-state index is 0.145. The maximum atomic E-state index is 11.1. The van der Waals surface area contributed by atoms with Crippen LogP contribution in [0.15, 0.2) is 30.3 Å². The molecule has 3 nitrogen and oxygen atoms in total. The van der Waals surface area contributed by atoms with E-state index >= 15 is 0 Å². The maximum Gasteiger partial charge on any atom is 0.153 e. The van der Waals surface area contributed by atoms with E-state index in [1.807, 2.05) is 30.3 Å². The fourth-order valence-electron chi connectivity index (χ4n) is 1.01. The van der Waals surface area contributed by atoms with Gasteiger partial charge < -0.3 is 11.1 Å². The molecule has 13 heavy (non-hydrogen) atoms. The minimum Gasteiger partial charge on any atom is -0.378 e. The van der Waals surface area contributed by atoms with Crippen LogP contribution in [0.3, 0.4) is 0 Å². The van der Waals surface area contributed by atoms with E-state index < -0.39 is 0 Å². The molecule has 0 aliphatic rings. The molecule has 1 rings (SSSR count). The summed E-state index contributed by atoms with van der Waals surface area (Å²) in [5.74, 6) is 0.145. The average molecular weight is 178 g/mol. The number of rotatable bonds is 5. The third-order valence-electron chi connectivity index (χ3n) is 1.69. The van der Waals surface area contributed by atoms with Crippen molar-refractivity contribution in [3.05, 3.63) is 30.3 Å². The van der Waals surface area contributed by atoms with Gasteiger partial charge in [0.1, 0.15) is 0 Å². The summed E-state index contributed by atoms with van der Waals surface area (Å²) in [6, 6.07) is 9.64. The lowest BCUT2D eigenvalue weighted by molar-refractivity contribution is -0.117. The molecule has 1 aromatic carbocycles. The van der Waals surface area contributed by atoms with E-state index in [1.165, 1.54) is 0 Å². The molecule has 0 aliphatic carbocycles. The van der Waals surface area contributed by atoms with E-state index in [1.54, 1.807) is 0 Å². The summed E-state index contributed by atoms with van der Waals surface area (Å²) in [6.07, 6.45) is 0.444. The van der Waals surface area contributed by atoms with Crippen molar-refractivity contribution in [1.29, 1.82) is 0 Å². The van der Waals surface area contributed by atoms with Crippen molar-refractivity contribution in [2.75, 3.05) is 18.4 Å². The molecule has 0 fully saturated rings. The molecule has 0 radical (unpaired) electrons. The summed E-state index contributed by atoms with van der Waals surface area (Å²) in [7, 11) is 0. The first-order chi connectivity index (χ1) is 6.33.